The van der Waals surface area contributed by atoms with Crippen molar-refractivity contribution < 1.29 is 0 Å². The van der Waals surface area contributed by atoms with Gasteiger partial charge in [-0.2, -0.15) is 5.26 Å². The molecule has 0 spiro atoms. The van der Waals surface area contributed by atoms with Crippen molar-refractivity contribution in [3.8, 4) is 28.5 Å². The highest BCUT2D eigenvalue weighted by Gasteiger charge is 2.04. The lowest BCUT2D eigenvalue weighted by Gasteiger charge is -2.07. The molecule has 0 bridgehead atoms. The number of nitriles is 1. The van der Waals surface area contributed by atoms with Crippen LogP contribution in [-0.4, -0.2) is 4.98 Å². The van der Waals surface area contributed by atoms with E-state index in [0.717, 1.165) is 33.3 Å². The highest BCUT2D eigenvalue weighted by Crippen LogP contribution is 2.27. The molecule has 112 valence electrons. The van der Waals surface area contributed by atoms with E-state index in [-0.39, 0.29) is 0 Å². The number of rotatable bonds is 2. The minimum Gasteiger partial charge on any atom is -0.248 e. The van der Waals surface area contributed by atoms with Gasteiger partial charge in [0.25, 0.3) is 0 Å². The molecule has 0 aliphatic carbocycles. The van der Waals surface area contributed by atoms with Gasteiger partial charge in [-0.1, -0.05) is 54.6 Å². The number of hydrogen-bond donors (Lipinski definition) is 0. The topological polar surface area (TPSA) is 36.7 Å². The fourth-order valence-electron chi connectivity index (χ4n) is 2.85. The maximum absolute atomic E-state index is 9.08. The summed E-state index contributed by atoms with van der Waals surface area (Å²) < 4.78 is 0. The first-order valence-electron chi connectivity index (χ1n) is 7.80. The summed E-state index contributed by atoms with van der Waals surface area (Å²) >= 11 is 0. The monoisotopic (exact) mass is 306 g/mol. The quantitative estimate of drug-likeness (QED) is 0.494. The third kappa shape index (κ3) is 2.64. The van der Waals surface area contributed by atoms with Crippen LogP contribution in [0.15, 0.2) is 84.9 Å². The predicted molar refractivity (Wildman–Crippen MR) is 97.3 cm³/mol. The van der Waals surface area contributed by atoms with Crippen molar-refractivity contribution in [1.29, 1.82) is 5.26 Å². The largest absolute Gasteiger partial charge is 0.248 e. The standard InChI is InChI=1S/C22H14N2/c23-15-16-5-3-7-18(13-16)19-8-4-9-20(14-19)22-12-11-17-6-1-2-10-21(17)24-22/h1-14H. The number of nitrogens with zero attached hydrogens (tertiary/aromatic N) is 2. The van der Waals surface area contributed by atoms with Gasteiger partial charge in [-0.3, -0.25) is 0 Å². The van der Waals surface area contributed by atoms with E-state index in [2.05, 4.69) is 36.4 Å². The van der Waals surface area contributed by atoms with Gasteiger partial charge < -0.3 is 0 Å². The average Bonchev–Trinajstić information content (AvgIpc) is 2.68. The van der Waals surface area contributed by atoms with Crippen LogP contribution in [-0.2, 0) is 0 Å². The lowest BCUT2D eigenvalue weighted by molar-refractivity contribution is 1.40. The van der Waals surface area contributed by atoms with Crippen LogP contribution in [0.3, 0.4) is 0 Å². The summed E-state index contributed by atoms with van der Waals surface area (Å²) in [7, 11) is 0. The van der Waals surface area contributed by atoms with Crippen LogP contribution in [0.5, 0.6) is 0 Å². The highest BCUT2D eigenvalue weighted by molar-refractivity contribution is 5.82. The third-order valence-corrected chi connectivity index (χ3v) is 4.08. The number of fused-ring (bicyclic) bond motifs is 1. The zero-order valence-electron chi connectivity index (χ0n) is 13.0. The van der Waals surface area contributed by atoms with E-state index in [0.29, 0.717) is 5.56 Å². The second-order valence-corrected chi connectivity index (χ2v) is 5.66. The van der Waals surface area contributed by atoms with Crippen molar-refractivity contribution in [3.63, 3.8) is 0 Å². The normalized spacial score (nSPS) is 10.5. The molecule has 0 aliphatic heterocycles. The Kier molecular flexibility index (Phi) is 3.53. The molecule has 0 amide bonds. The van der Waals surface area contributed by atoms with Crippen LogP contribution in [0.1, 0.15) is 5.56 Å². The molecule has 0 N–H and O–H groups in total. The van der Waals surface area contributed by atoms with E-state index in [9.17, 15) is 0 Å². The summed E-state index contributed by atoms with van der Waals surface area (Å²) in [6.07, 6.45) is 0. The van der Waals surface area contributed by atoms with Gasteiger partial charge in [-0.15, -0.1) is 0 Å². The molecular formula is C22H14N2. The van der Waals surface area contributed by atoms with Gasteiger partial charge in [-0.05, 0) is 41.5 Å². The summed E-state index contributed by atoms with van der Waals surface area (Å²) in [6.45, 7) is 0. The Morgan fingerprint density at radius 3 is 2.29 bits per heavy atom. The van der Waals surface area contributed by atoms with Crippen molar-refractivity contribution in [1.82, 2.24) is 4.98 Å². The first kappa shape index (κ1) is 14.2. The molecule has 2 heteroatoms. The Morgan fingerprint density at radius 1 is 0.667 bits per heavy atom. The molecule has 0 fully saturated rings. The molecule has 0 saturated carbocycles. The lowest BCUT2D eigenvalue weighted by atomic mass is 10.00. The van der Waals surface area contributed by atoms with E-state index >= 15 is 0 Å². The first-order valence-corrected chi connectivity index (χ1v) is 7.80. The van der Waals surface area contributed by atoms with E-state index in [1.54, 1.807) is 0 Å². The fourth-order valence-corrected chi connectivity index (χ4v) is 2.85. The van der Waals surface area contributed by atoms with Crippen LogP contribution in [0, 0.1) is 11.3 Å². The van der Waals surface area contributed by atoms with Gasteiger partial charge in [0.15, 0.2) is 0 Å². The van der Waals surface area contributed by atoms with Crippen molar-refractivity contribution in [3.05, 3.63) is 90.5 Å². The molecule has 1 heterocycles. The molecule has 4 aromatic rings. The molecular weight excluding hydrogens is 292 g/mol. The second-order valence-electron chi connectivity index (χ2n) is 5.66. The number of hydrogen-bond acceptors (Lipinski definition) is 2. The molecule has 24 heavy (non-hydrogen) atoms. The minimum atomic E-state index is 0.668. The van der Waals surface area contributed by atoms with Crippen LogP contribution >= 0.6 is 0 Å². The van der Waals surface area contributed by atoms with Gasteiger partial charge in [0.1, 0.15) is 0 Å². The van der Waals surface area contributed by atoms with E-state index in [1.807, 2.05) is 54.6 Å². The number of aromatic nitrogens is 1. The van der Waals surface area contributed by atoms with Crippen LogP contribution in [0.25, 0.3) is 33.3 Å². The number of benzene rings is 3. The highest BCUT2D eigenvalue weighted by atomic mass is 14.7. The number of pyridine rings is 1. The second kappa shape index (κ2) is 5.98. The van der Waals surface area contributed by atoms with Crippen molar-refractivity contribution in [2.24, 2.45) is 0 Å². The van der Waals surface area contributed by atoms with E-state index in [1.165, 1.54) is 0 Å². The smallest absolute Gasteiger partial charge is 0.0991 e. The fraction of sp³-hybridized carbons (Fsp3) is 0. The predicted octanol–water partition coefficient (Wildman–Crippen LogP) is 5.44. The van der Waals surface area contributed by atoms with E-state index in [4.69, 9.17) is 10.2 Å². The summed E-state index contributed by atoms with van der Waals surface area (Å²) in [5, 5.41) is 10.2. The zero-order valence-corrected chi connectivity index (χ0v) is 13.0. The van der Waals surface area contributed by atoms with Crippen LogP contribution in [0.4, 0.5) is 0 Å². The molecule has 1 aromatic heterocycles. The third-order valence-electron chi connectivity index (χ3n) is 4.08. The molecule has 0 saturated heterocycles. The maximum Gasteiger partial charge on any atom is 0.0991 e. The molecule has 0 aliphatic rings. The Morgan fingerprint density at radius 2 is 1.42 bits per heavy atom. The first-order chi connectivity index (χ1) is 11.8. The Hall–Kier alpha value is -3.44. The molecule has 4 rings (SSSR count). The van der Waals surface area contributed by atoms with Crippen molar-refractivity contribution >= 4 is 10.9 Å². The van der Waals surface area contributed by atoms with Gasteiger partial charge >= 0.3 is 0 Å². The minimum absolute atomic E-state index is 0.668. The lowest BCUT2D eigenvalue weighted by Crippen LogP contribution is -1.86. The Labute approximate surface area is 140 Å². The molecule has 0 unspecified atom stereocenters. The van der Waals surface area contributed by atoms with Gasteiger partial charge in [-0.25, -0.2) is 4.98 Å². The summed E-state index contributed by atoms with van der Waals surface area (Å²) in [6, 6.07) is 30.4. The van der Waals surface area contributed by atoms with E-state index < -0.39 is 0 Å². The van der Waals surface area contributed by atoms with Crippen molar-refractivity contribution in [2.45, 2.75) is 0 Å². The zero-order chi connectivity index (χ0) is 16.4. The van der Waals surface area contributed by atoms with Crippen LogP contribution in [0.2, 0.25) is 0 Å². The van der Waals surface area contributed by atoms with Gasteiger partial charge in [0, 0.05) is 10.9 Å². The summed E-state index contributed by atoms with van der Waals surface area (Å²) in [5.74, 6) is 0. The SMILES string of the molecule is N#Cc1cccc(-c2cccc(-c3ccc4ccccc4n3)c2)c1. The Bertz CT molecular complexity index is 1070. The Balaban J connectivity index is 1.80. The molecule has 0 radical (unpaired) electrons. The van der Waals surface area contributed by atoms with Crippen LogP contribution < -0.4 is 0 Å². The summed E-state index contributed by atoms with van der Waals surface area (Å²) in [5.41, 5.74) is 5.80. The van der Waals surface area contributed by atoms with Crippen molar-refractivity contribution in [2.75, 3.05) is 0 Å². The molecule has 2 nitrogen and oxygen atoms in total. The molecule has 0 atom stereocenters. The maximum atomic E-state index is 9.08. The van der Waals surface area contributed by atoms with Gasteiger partial charge in [0.05, 0.1) is 22.8 Å². The van der Waals surface area contributed by atoms with Gasteiger partial charge in [0.2, 0.25) is 0 Å². The summed E-state index contributed by atoms with van der Waals surface area (Å²) in [4.78, 5) is 4.76. The average molecular weight is 306 g/mol. The molecule has 3 aromatic carbocycles. The number of para-hydroxylation sites is 1.